The zero-order valence-electron chi connectivity index (χ0n) is 11.5. The lowest BCUT2D eigenvalue weighted by molar-refractivity contribution is -0.0249. The normalized spacial score (nSPS) is 17.6. The maximum atomic E-state index is 12.2. The SMILES string of the molecule is CC1(C)COCCN1C(=O)Nc1ccc(C(=O)O)cc1. The first-order valence-electron chi connectivity index (χ1n) is 6.40. The Morgan fingerprint density at radius 1 is 1.30 bits per heavy atom. The van der Waals surface area contributed by atoms with Crippen molar-refractivity contribution in [2.75, 3.05) is 25.1 Å². The molecule has 1 fully saturated rings. The number of nitrogens with zero attached hydrogens (tertiary/aromatic N) is 1. The van der Waals surface area contributed by atoms with E-state index in [-0.39, 0.29) is 17.1 Å². The number of ether oxygens (including phenoxy) is 1. The fraction of sp³-hybridized carbons (Fsp3) is 0.429. The lowest BCUT2D eigenvalue weighted by Gasteiger charge is -2.41. The smallest absolute Gasteiger partial charge is 0.335 e. The van der Waals surface area contributed by atoms with Crippen molar-refractivity contribution in [3.63, 3.8) is 0 Å². The number of rotatable bonds is 2. The van der Waals surface area contributed by atoms with Gasteiger partial charge in [-0.1, -0.05) is 0 Å². The zero-order valence-corrected chi connectivity index (χ0v) is 11.5. The average molecular weight is 278 g/mol. The van der Waals surface area contributed by atoms with Gasteiger partial charge in [-0.2, -0.15) is 0 Å². The maximum Gasteiger partial charge on any atom is 0.335 e. The van der Waals surface area contributed by atoms with E-state index in [1.165, 1.54) is 12.1 Å². The van der Waals surface area contributed by atoms with Crippen LogP contribution in [-0.4, -0.2) is 47.3 Å². The number of hydrogen-bond donors (Lipinski definition) is 2. The number of anilines is 1. The third-order valence-corrected chi connectivity index (χ3v) is 3.27. The van der Waals surface area contributed by atoms with Gasteiger partial charge in [0, 0.05) is 12.2 Å². The largest absolute Gasteiger partial charge is 0.478 e. The molecule has 0 saturated carbocycles. The van der Waals surface area contributed by atoms with Crippen LogP contribution in [0, 0.1) is 0 Å². The molecule has 1 heterocycles. The summed E-state index contributed by atoms with van der Waals surface area (Å²) in [5.74, 6) is -0.989. The molecule has 1 aliphatic rings. The molecule has 0 aliphatic carbocycles. The average Bonchev–Trinajstić information content (AvgIpc) is 2.38. The molecule has 6 nitrogen and oxygen atoms in total. The molecule has 2 amide bonds. The van der Waals surface area contributed by atoms with Gasteiger partial charge >= 0.3 is 12.0 Å². The van der Waals surface area contributed by atoms with E-state index in [0.717, 1.165) is 0 Å². The van der Waals surface area contributed by atoms with E-state index in [1.807, 2.05) is 13.8 Å². The first kappa shape index (κ1) is 14.3. The molecule has 0 radical (unpaired) electrons. The monoisotopic (exact) mass is 278 g/mol. The van der Waals surface area contributed by atoms with Crippen molar-refractivity contribution in [1.29, 1.82) is 0 Å². The molecule has 6 heteroatoms. The van der Waals surface area contributed by atoms with Gasteiger partial charge in [-0.3, -0.25) is 0 Å². The van der Waals surface area contributed by atoms with Crippen molar-refractivity contribution >= 4 is 17.7 Å². The molecular weight excluding hydrogens is 260 g/mol. The van der Waals surface area contributed by atoms with E-state index in [4.69, 9.17) is 9.84 Å². The van der Waals surface area contributed by atoms with Crippen LogP contribution in [0.15, 0.2) is 24.3 Å². The summed E-state index contributed by atoms with van der Waals surface area (Å²) in [5.41, 5.74) is 0.403. The lowest BCUT2D eigenvalue weighted by Crippen LogP contribution is -2.56. The van der Waals surface area contributed by atoms with Crippen molar-refractivity contribution in [3.05, 3.63) is 29.8 Å². The molecule has 1 aromatic carbocycles. The summed E-state index contributed by atoms with van der Waals surface area (Å²) >= 11 is 0. The minimum Gasteiger partial charge on any atom is -0.478 e. The summed E-state index contributed by atoms with van der Waals surface area (Å²) in [4.78, 5) is 24.7. The minimum absolute atomic E-state index is 0.190. The van der Waals surface area contributed by atoms with Crippen LogP contribution in [0.4, 0.5) is 10.5 Å². The van der Waals surface area contributed by atoms with Gasteiger partial charge in [0.25, 0.3) is 0 Å². The maximum absolute atomic E-state index is 12.2. The molecule has 0 aromatic heterocycles. The number of aromatic carboxylic acids is 1. The summed E-state index contributed by atoms with van der Waals surface area (Å²) < 4.78 is 5.37. The fourth-order valence-electron chi connectivity index (χ4n) is 2.12. The molecule has 0 spiro atoms. The van der Waals surface area contributed by atoms with Crippen LogP contribution >= 0.6 is 0 Å². The molecule has 0 unspecified atom stereocenters. The predicted molar refractivity (Wildman–Crippen MR) is 74.0 cm³/mol. The van der Waals surface area contributed by atoms with Crippen molar-refractivity contribution in [2.24, 2.45) is 0 Å². The Kier molecular flexibility index (Phi) is 3.94. The molecule has 0 bridgehead atoms. The highest BCUT2D eigenvalue weighted by molar-refractivity contribution is 5.92. The number of carbonyl (C=O) groups is 2. The van der Waals surface area contributed by atoms with E-state index >= 15 is 0 Å². The third kappa shape index (κ3) is 3.08. The van der Waals surface area contributed by atoms with Crippen LogP contribution in [0.1, 0.15) is 24.2 Å². The second-order valence-electron chi connectivity index (χ2n) is 5.33. The van der Waals surface area contributed by atoms with Gasteiger partial charge in [0.2, 0.25) is 0 Å². The highest BCUT2D eigenvalue weighted by Gasteiger charge is 2.34. The van der Waals surface area contributed by atoms with Crippen molar-refractivity contribution in [1.82, 2.24) is 4.90 Å². The fourth-order valence-corrected chi connectivity index (χ4v) is 2.12. The van der Waals surface area contributed by atoms with Crippen LogP contribution in [0.2, 0.25) is 0 Å². The summed E-state index contributed by atoms with van der Waals surface area (Å²) in [6.07, 6.45) is 0. The molecule has 0 atom stereocenters. The van der Waals surface area contributed by atoms with Gasteiger partial charge in [0.05, 0.1) is 24.3 Å². The Labute approximate surface area is 117 Å². The van der Waals surface area contributed by atoms with Gasteiger partial charge in [0.1, 0.15) is 0 Å². The van der Waals surface area contributed by atoms with Crippen LogP contribution in [0.3, 0.4) is 0 Å². The number of amides is 2. The lowest BCUT2D eigenvalue weighted by atomic mass is 10.0. The number of hydrogen-bond acceptors (Lipinski definition) is 3. The van der Waals surface area contributed by atoms with Crippen LogP contribution in [0.25, 0.3) is 0 Å². The topological polar surface area (TPSA) is 78.9 Å². The van der Waals surface area contributed by atoms with Crippen molar-refractivity contribution < 1.29 is 19.4 Å². The molecule has 1 aromatic rings. The number of carbonyl (C=O) groups excluding carboxylic acids is 1. The van der Waals surface area contributed by atoms with Crippen LogP contribution in [-0.2, 0) is 4.74 Å². The molecule has 108 valence electrons. The number of carboxylic acids is 1. The predicted octanol–water partition coefficient (Wildman–Crippen LogP) is 2.03. The number of carboxylic acid groups (broad SMARTS) is 1. The van der Waals surface area contributed by atoms with Crippen molar-refractivity contribution in [2.45, 2.75) is 19.4 Å². The number of benzene rings is 1. The van der Waals surface area contributed by atoms with E-state index in [0.29, 0.717) is 25.4 Å². The molecule has 1 saturated heterocycles. The Morgan fingerprint density at radius 2 is 1.95 bits per heavy atom. The molecule has 2 N–H and O–H groups in total. The second-order valence-corrected chi connectivity index (χ2v) is 5.33. The van der Waals surface area contributed by atoms with E-state index in [9.17, 15) is 9.59 Å². The summed E-state index contributed by atoms with van der Waals surface area (Å²) in [5, 5.41) is 11.6. The number of nitrogens with one attached hydrogen (secondary N) is 1. The van der Waals surface area contributed by atoms with Crippen LogP contribution in [0.5, 0.6) is 0 Å². The molecule has 2 rings (SSSR count). The van der Waals surface area contributed by atoms with Gasteiger partial charge in [-0.25, -0.2) is 9.59 Å². The summed E-state index contributed by atoms with van der Waals surface area (Å²) in [7, 11) is 0. The Morgan fingerprint density at radius 3 is 2.50 bits per heavy atom. The Balaban J connectivity index is 2.05. The first-order chi connectivity index (χ1) is 9.40. The zero-order chi connectivity index (χ0) is 14.8. The van der Waals surface area contributed by atoms with Gasteiger partial charge < -0.3 is 20.1 Å². The quantitative estimate of drug-likeness (QED) is 0.867. The van der Waals surface area contributed by atoms with Gasteiger partial charge in [0.15, 0.2) is 0 Å². The van der Waals surface area contributed by atoms with E-state index < -0.39 is 5.97 Å². The van der Waals surface area contributed by atoms with E-state index in [1.54, 1.807) is 17.0 Å². The highest BCUT2D eigenvalue weighted by Crippen LogP contribution is 2.20. The standard InChI is InChI=1S/C14H18N2O4/c1-14(2)9-20-8-7-16(14)13(19)15-11-5-3-10(4-6-11)12(17)18/h3-6H,7-9H2,1-2H3,(H,15,19)(H,17,18). The number of urea groups is 1. The van der Waals surface area contributed by atoms with E-state index in [2.05, 4.69) is 5.32 Å². The second kappa shape index (κ2) is 5.50. The van der Waals surface area contributed by atoms with Gasteiger partial charge in [-0.05, 0) is 38.1 Å². The number of morpholine rings is 1. The molecular formula is C14H18N2O4. The first-order valence-corrected chi connectivity index (χ1v) is 6.40. The summed E-state index contributed by atoms with van der Waals surface area (Å²) in [6.45, 7) is 5.44. The van der Waals surface area contributed by atoms with Crippen LogP contribution < -0.4 is 5.32 Å². The van der Waals surface area contributed by atoms with Gasteiger partial charge in [-0.15, -0.1) is 0 Å². The molecule has 1 aliphatic heterocycles. The minimum atomic E-state index is -0.989. The Hall–Kier alpha value is -2.08. The van der Waals surface area contributed by atoms with Crippen molar-refractivity contribution in [3.8, 4) is 0 Å². The summed E-state index contributed by atoms with van der Waals surface area (Å²) in [6, 6.07) is 5.87. The Bertz CT molecular complexity index is 510. The molecule has 20 heavy (non-hydrogen) atoms. The third-order valence-electron chi connectivity index (χ3n) is 3.27. The highest BCUT2D eigenvalue weighted by atomic mass is 16.5.